The molecule has 122 valence electrons. The Morgan fingerprint density at radius 3 is 2.68 bits per heavy atom. The third kappa shape index (κ3) is 4.05. The zero-order chi connectivity index (χ0) is 16.5. The Morgan fingerprint density at radius 1 is 1.41 bits per heavy atom. The van der Waals surface area contributed by atoms with Gasteiger partial charge in [-0.3, -0.25) is 4.79 Å². The van der Waals surface area contributed by atoms with Gasteiger partial charge in [-0.1, -0.05) is 0 Å². The van der Waals surface area contributed by atoms with Crippen LogP contribution in [0.15, 0.2) is 18.2 Å². The number of benzene rings is 1. The molecule has 4 nitrogen and oxygen atoms in total. The molecule has 1 heterocycles. The number of halogens is 3. The fraction of sp³-hybridized carbons (Fsp3) is 0.533. The van der Waals surface area contributed by atoms with E-state index in [0.717, 1.165) is 0 Å². The SMILES string of the molecule is COc1ccc2c(c1)OC(C)(C)CN(C(=O)CC(F)(F)F)C2. The molecule has 1 aliphatic rings. The molecule has 1 aromatic carbocycles. The van der Waals surface area contributed by atoms with Crippen LogP contribution in [0, 0.1) is 0 Å². The Labute approximate surface area is 126 Å². The van der Waals surface area contributed by atoms with E-state index in [4.69, 9.17) is 9.47 Å². The van der Waals surface area contributed by atoms with Gasteiger partial charge in [0.2, 0.25) is 5.91 Å². The van der Waals surface area contributed by atoms with Crippen LogP contribution in [0.25, 0.3) is 0 Å². The first-order valence-electron chi connectivity index (χ1n) is 6.80. The largest absolute Gasteiger partial charge is 0.497 e. The molecule has 0 unspecified atom stereocenters. The maximum Gasteiger partial charge on any atom is 0.397 e. The summed E-state index contributed by atoms with van der Waals surface area (Å²) in [6, 6.07) is 5.06. The van der Waals surface area contributed by atoms with Crippen molar-refractivity contribution >= 4 is 5.91 Å². The Balaban J connectivity index is 2.29. The summed E-state index contributed by atoms with van der Waals surface area (Å²) in [7, 11) is 1.52. The van der Waals surface area contributed by atoms with E-state index in [0.29, 0.717) is 17.1 Å². The van der Waals surface area contributed by atoms with Crippen LogP contribution in [0.4, 0.5) is 13.2 Å². The molecule has 2 rings (SSSR count). The number of carbonyl (C=O) groups is 1. The predicted molar refractivity (Wildman–Crippen MR) is 73.8 cm³/mol. The molecular weight excluding hydrogens is 299 g/mol. The molecule has 1 amide bonds. The average molecular weight is 317 g/mol. The van der Waals surface area contributed by atoms with Gasteiger partial charge < -0.3 is 14.4 Å². The topological polar surface area (TPSA) is 38.8 Å². The summed E-state index contributed by atoms with van der Waals surface area (Å²) in [6.45, 7) is 3.63. The zero-order valence-corrected chi connectivity index (χ0v) is 12.7. The minimum atomic E-state index is -4.52. The number of hydrogen-bond acceptors (Lipinski definition) is 3. The second-order valence-corrected chi connectivity index (χ2v) is 5.88. The fourth-order valence-corrected chi connectivity index (χ4v) is 2.40. The van der Waals surface area contributed by atoms with Crippen LogP contribution < -0.4 is 9.47 Å². The van der Waals surface area contributed by atoms with Gasteiger partial charge >= 0.3 is 6.18 Å². The highest BCUT2D eigenvalue weighted by Crippen LogP contribution is 2.33. The van der Waals surface area contributed by atoms with Crippen molar-refractivity contribution in [2.75, 3.05) is 13.7 Å². The molecule has 0 aromatic heterocycles. The van der Waals surface area contributed by atoms with E-state index in [1.807, 2.05) is 0 Å². The minimum Gasteiger partial charge on any atom is -0.497 e. The van der Waals surface area contributed by atoms with Gasteiger partial charge in [-0.2, -0.15) is 13.2 Å². The van der Waals surface area contributed by atoms with Crippen LogP contribution in [0.1, 0.15) is 25.8 Å². The molecule has 0 spiro atoms. The average Bonchev–Trinajstić information content (AvgIpc) is 2.50. The number of alkyl halides is 3. The molecule has 0 aliphatic carbocycles. The highest BCUT2D eigenvalue weighted by molar-refractivity contribution is 5.77. The lowest BCUT2D eigenvalue weighted by Gasteiger charge is -2.29. The maximum atomic E-state index is 12.5. The fourth-order valence-electron chi connectivity index (χ4n) is 2.40. The van der Waals surface area contributed by atoms with Gasteiger partial charge in [0.1, 0.15) is 23.5 Å². The summed E-state index contributed by atoms with van der Waals surface area (Å²) in [6.07, 6.45) is -5.98. The first-order valence-corrected chi connectivity index (χ1v) is 6.80. The van der Waals surface area contributed by atoms with Gasteiger partial charge in [0.05, 0.1) is 13.7 Å². The highest BCUT2D eigenvalue weighted by Gasteiger charge is 2.37. The molecule has 7 heteroatoms. The van der Waals surface area contributed by atoms with Gasteiger partial charge in [-0.25, -0.2) is 0 Å². The van der Waals surface area contributed by atoms with E-state index >= 15 is 0 Å². The van der Waals surface area contributed by atoms with E-state index < -0.39 is 24.1 Å². The van der Waals surface area contributed by atoms with Gasteiger partial charge in [-0.05, 0) is 26.0 Å². The summed E-state index contributed by atoms with van der Waals surface area (Å²) in [5, 5.41) is 0. The number of methoxy groups -OCH3 is 1. The Morgan fingerprint density at radius 2 is 2.09 bits per heavy atom. The number of fused-ring (bicyclic) bond motifs is 1. The lowest BCUT2D eigenvalue weighted by Crippen LogP contribution is -2.44. The van der Waals surface area contributed by atoms with Crippen LogP contribution in [-0.2, 0) is 11.3 Å². The van der Waals surface area contributed by atoms with Crippen LogP contribution >= 0.6 is 0 Å². The number of hydrogen-bond donors (Lipinski definition) is 0. The normalized spacial score (nSPS) is 17.3. The third-order valence-corrected chi connectivity index (χ3v) is 3.30. The maximum absolute atomic E-state index is 12.5. The van der Waals surface area contributed by atoms with Gasteiger partial charge in [0, 0.05) is 18.2 Å². The van der Waals surface area contributed by atoms with E-state index in [2.05, 4.69) is 0 Å². The standard InChI is InChI=1S/C15H18F3NO3/c1-14(2)9-19(13(20)7-15(16,17)18)8-10-4-5-11(21-3)6-12(10)22-14/h4-6H,7-9H2,1-3H3. The van der Waals surface area contributed by atoms with E-state index in [9.17, 15) is 18.0 Å². The first kappa shape index (κ1) is 16.5. The van der Waals surface area contributed by atoms with Crippen molar-refractivity contribution in [1.82, 2.24) is 4.90 Å². The molecule has 0 saturated heterocycles. The van der Waals surface area contributed by atoms with Crippen LogP contribution in [0.3, 0.4) is 0 Å². The minimum absolute atomic E-state index is 0.0810. The van der Waals surface area contributed by atoms with Crippen LogP contribution in [0.2, 0.25) is 0 Å². The number of ether oxygens (including phenoxy) is 2. The van der Waals surface area contributed by atoms with Crippen molar-refractivity contribution in [3.8, 4) is 11.5 Å². The Kier molecular flexibility index (Phi) is 4.26. The monoisotopic (exact) mass is 317 g/mol. The molecule has 0 bridgehead atoms. The summed E-state index contributed by atoms with van der Waals surface area (Å²) in [4.78, 5) is 13.1. The molecular formula is C15H18F3NO3. The number of carbonyl (C=O) groups excluding carboxylic acids is 1. The zero-order valence-electron chi connectivity index (χ0n) is 12.7. The first-order chi connectivity index (χ1) is 10.1. The second-order valence-electron chi connectivity index (χ2n) is 5.88. The van der Waals surface area contributed by atoms with Crippen LogP contribution in [-0.4, -0.2) is 36.2 Å². The molecule has 0 atom stereocenters. The van der Waals surface area contributed by atoms with Crippen molar-refractivity contribution < 1.29 is 27.4 Å². The summed E-state index contributed by atoms with van der Waals surface area (Å²) in [5.74, 6) is 0.157. The molecule has 0 saturated carbocycles. The molecule has 1 aliphatic heterocycles. The molecule has 0 N–H and O–H groups in total. The Hall–Kier alpha value is -1.92. The van der Waals surface area contributed by atoms with Gasteiger partial charge in [0.15, 0.2) is 0 Å². The number of rotatable bonds is 2. The molecule has 1 aromatic rings. The molecule has 0 fully saturated rings. The number of nitrogens with zero attached hydrogens (tertiary/aromatic N) is 1. The number of amides is 1. The van der Waals surface area contributed by atoms with Crippen molar-refractivity contribution in [2.24, 2.45) is 0 Å². The van der Waals surface area contributed by atoms with Gasteiger partial charge in [0.25, 0.3) is 0 Å². The van der Waals surface area contributed by atoms with Crippen molar-refractivity contribution in [2.45, 2.75) is 38.6 Å². The van der Waals surface area contributed by atoms with Crippen molar-refractivity contribution in [1.29, 1.82) is 0 Å². The molecule has 22 heavy (non-hydrogen) atoms. The predicted octanol–water partition coefficient (Wildman–Crippen LogP) is 3.15. The summed E-state index contributed by atoms with van der Waals surface area (Å²) >= 11 is 0. The summed E-state index contributed by atoms with van der Waals surface area (Å²) in [5.41, 5.74) is -0.138. The lowest BCUT2D eigenvalue weighted by atomic mass is 10.1. The smallest absolute Gasteiger partial charge is 0.397 e. The van der Waals surface area contributed by atoms with E-state index in [1.165, 1.54) is 12.0 Å². The van der Waals surface area contributed by atoms with E-state index in [1.54, 1.807) is 32.0 Å². The van der Waals surface area contributed by atoms with Crippen molar-refractivity contribution in [3.63, 3.8) is 0 Å². The van der Waals surface area contributed by atoms with Gasteiger partial charge in [-0.15, -0.1) is 0 Å². The quantitative estimate of drug-likeness (QED) is 0.841. The third-order valence-electron chi connectivity index (χ3n) is 3.30. The summed E-state index contributed by atoms with van der Waals surface area (Å²) < 4.78 is 48.3. The van der Waals surface area contributed by atoms with Crippen LogP contribution in [0.5, 0.6) is 11.5 Å². The second kappa shape index (κ2) is 5.70. The Bertz CT molecular complexity index is 570. The molecule has 0 radical (unpaired) electrons. The lowest BCUT2D eigenvalue weighted by molar-refractivity contribution is -0.163. The highest BCUT2D eigenvalue weighted by atomic mass is 19.4. The van der Waals surface area contributed by atoms with E-state index in [-0.39, 0.29) is 13.1 Å². The van der Waals surface area contributed by atoms with Crippen molar-refractivity contribution in [3.05, 3.63) is 23.8 Å².